The fourth-order valence-corrected chi connectivity index (χ4v) is 1.50. The molecule has 0 atom stereocenters. The third-order valence-corrected chi connectivity index (χ3v) is 2.44. The maximum atomic E-state index is 11.6. The Morgan fingerprint density at radius 2 is 2.17 bits per heavy atom. The molecule has 96 valence electrons. The fraction of sp³-hybridized carbons (Fsp3) is 0.357. The van der Waals surface area contributed by atoms with Gasteiger partial charge < -0.3 is 15.4 Å². The number of rotatable bonds is 4. The van der Waals surface area contributed by atoms with E-state index >= 15 is 0 Å². The Kier molecular flexibility index (Phi) is 5.92. The molecular weight excluding hydrogens is 228 g/mol. The maximum absolute atomic E-state index is 11.6. The minimum atomic E-state index is -0.0564. The van der Waals surface area contributed by atoms with Crippen LogP contribution in [0.4, 0.5) is 0 Å². The van der Waals surface area contributed by atoms with Crippen LogP contribution in [0.15, 0.2) is 24.3 Å². The zero-order chi connectivity index (χ0) is 13.4. The summed E-state index contributed by atoms with van der Waals surface area (Å²) in [4.78, 5) is 13.2. The van der Waals surface area contributed by atoms with Gasteiger partial charge in [-0.15, -0.1) is 0 Å². The molecule has 1 aromatic carbocycles. The van der Waals surface area contributed by atoms with Crippen molar-refractivity contribution in [3.8, 4) is 11.8 Å². The van der Waals surface area contributed by atoms with Crippen molar-refractivity contribution in [2.45, 2.75) is 6.54 Å². The highest BCUT2D eigenvalue weighted by Crippen LogP contribution is 2.10. The molecule has 0 bridgehead atoms. The van der Waals surface area contributed by atoms with Crippen molar-refractivity contribution < 1.29 is 9.53 Å². The van der Waals surface area contributed by atoms with Gasteiger partial charge in [0.15, 0.2) is 0 Å². The number of nitrogens with two attached hydrogens (primary N) is 1. The van der Waals surface area contributed by atoms with Gasteiger partial charge in [0.05, 0.1) is 6.54 Å². The Hall–Kier alpha value is -1.83. The second kappa shape index (κ2) is 7.49. The first kappa shape index (κ1) is 14.2. The molecule has 2 N–H and O–H groups in total. The van der Waals surface area contributed by atoms with Gasteiger partial charge in [-0.25, -0.2) is 0 Å². The number of nitrogens with zero attached hydrogens (tertiary/aromatic N) is 1. The van der Waals surface area contributed by atoms with Gasteiger partial charge in [-0.1, -0.05) is 30.0 Å². The van der Waals surface area contributed by atoms with Crippen LogP contribution in [-0.2, 0) is 16.1 Å². The first-order valence-corrected chi connectivity index (χ1v) is 5.68. The zero-order valence-corrected chi connectivity index (χ0v) is 10.8. The molecule has 0 aliphatic heterocycles. The van der Waals surface area contributed by atoms with E-state index in [2.05, 4.69) is 11.8 Å². The SMILES string of the molecule is COCC(=O)N(C)Cc1ccccc1C#CCN. The Morgan fingerprint density at radius 3 is 2.83 bits per heavy atom. The van der Waals surface area contributed by atoms with E-state index < -0.39 is 0 Å². The highest BCUT2D eigenvalue weighted by atomic mass is 16.5. The van der Waals surface area contributed by atoms with Crippen molar-refractivity contribution in [2.24, 2.45) is 5.73 Å². The summed E-state index contributed by atoms with van der Waals surface area (Å²) < 4.78 is 4.82. The highest BCUT2D eigenvalue weighted by Gasteiger charge is 2.10. The molecule has 0 saturated heterocycles. The number of hydrogen-bond acceptors (Lipinski definition) is 3. The first-order chi connectivity index (χ1) is 8.69. The Labute approximate surface area is 108 Å². The predicted molar refractivity (Wildman–Crippen MR) is 70.7 cm³/mol. The standard InChI is InChI=1S/C14H18N2O2/c1-16(14(17)11-18-2)10-13-7-4-3-6-12(13)8-5-9-15/h3-4,6-7H,9-11,15H2,1-2H3. The summed E-state index contributed by atoms with van der Waals surface area (Å²) in [5, 5.41) is 0. The van der Waals surface area contributed by atoms with E-state index in [-0.39, 0.29) is 12.5 Å². The van der Waals surface area contributed by atoms with Crippen LogP contribution in [0.3, 0.4) is 0 Å². The van der Waals surface area contributed by atoms with Crippen molar-refractivity contribution in [1.82, 2.24) is 4.90 Å². The van der Waals surface area contributed by atoms with Gasteiger partial charge in [0.25, 0.3) is 0 Å². The smallest absolute Gasteiger partial charge is 0.248 e. The predicted octanol–water partition coefficient (Wildman–Crippen LogP) is 0.602. The number of carbonyl (C=O) groups is 1. The summed E-state index contributed by atoms with van der Waals surface area (Å²) in [6, 6.07) is 7.72. The molecule has 1 aromatic rings. The summed E-state index contributed by atoms with van der Waals surface area (Å²) in [5.74, 6) is 5.77. The number of hydrogen-bond donors (Lipinski definition) is 1. The van der Waals surface area contributed by atoms with Crippen LogP contribution in [-0.4, -0.2) is 38.1 Å². The number of ether oxygens (including phenoxy) is 1. The van der Waals surface area contributed by atoms with Crippen LogP contribution >= 0.6 is 0 Å². The number of amides is 1. The molecule has 0 unspecified atom stereocenters. The molecule has 18 heavy (non-hydrogen) atoms. The molecule has 1 rings (SSSR count). The minimum Gasteiger partial charge on any atom is -0.375 e. The number of carbonyl (C=O) groups excluding carboxylic acids is 1. The quantitative estimate of drug-likeness (QED) is 0.792. The van der Waals surface area contributed by atoms with Crippen molar-refractivity contribution in [1.29, 1.82) is 0 Å². The molecule has 4 nitrogen and oxygen atoms in total. The molecule has 0 fully saturated rings. The van der Waals surface area contributed by atoms with Crippen molar-refractivity contribution in [3.05, 3.63) is 35.4 Å². The van der Waals surface area contributed by atoms with Crippen LogP contribution in [0.1, 0.15) is 11.1 Å². The average Bonchev–Trinajstić information content (AvgIpc) is 2.38. The lowest BCUT2D eigenvalue weighted by atomic mass is 10.1. The van der Waals surface area contributed by atoms with Gasteiger partial charge in [-0.05, 0) is 11.6 Å². The summed E-state index contributed by atoms with van der Waals surface area (Å²) in [6.45, 7) is 0.928. The first-order valence-electron chi connectivity index (χ1n) is 5.68. The molecule has 1 amide bonds. The van der Waals surface area contributed by atoms with Gasteiger partial charge in [0, 0.05) is 26.3 Å². The van der Waals surface area contributed by atoms with Crippen LogP contribution in [0, 0.1) is 11.8 Å². The second-order valence-corrected chi connectivity index (χ2v) is 3.85. The van der Waals surface area contributed by atoms with Crippen molar-refractivity contribution >= 4 is 5.91 Å². The van der Waals surface area contributed by atoms with Crippen molar-refractivity contribution in [3.63, 3.8) is 0 Å². The maximum Gasteiger partial charge on any atom is 0.248 e. The van der Waals surface area contributed by atoms with Gasteiger partial charge in [0.1, 0.15) is 6.61 Å². The van der Waals surface area contributed by atoms with Crippen LogP contribution in [0.5, 0.6) is 0 Å². The van der Waals surface area contributed by atoms with Crippen LogP contribution in [0.25, 0.3) is 0 Å². The third kappa shape index (κ3) is 4.21. The molecule has 0 aliphatic carbocycles. The van der Waals surface area contributed by atoms with E-state index in [0.717, 1.165) is 11.1 Å². The summed E-state index contributed by atoms with van der Waals surface area (Å²) >= 11 is 0. The molecule has 0 heterocycles. The van der Waals surface area contributed by atoms with E-state index in [1.165, 1.54) is 7.11 Å². The monoisotopic (exact) mass is 246 g/mol. The van der Waals surface area contributed by atoms with E-state index in [1.54, 1.807) is 11.9 Å². The molecule has 0 radical (unpaired) electrons. The van der Waals surface area contributed by atoms with Crippen LogP contribution < -0.4 is 5.73 Å². The molecule has 0 aliphatic rings. The van der Waals surface area contributed by atoms with E-state index in [4.69, 9.17) is 10.5 Å². The second-order valence-electron chi connectivity index (χ2n) is 3.85. The molecule has 0 aromatic heterocycles. The van der Waals surface area contributed by atoms with E-state index in [9.17, 15) is 4.79 Å². The Balaban J connectivity index is 2.80. The molecule has 0 saturated carbocycles. The normalized spacial score (nSPS) is 9.50. The number of benzene rings is 1. The molecule has 4 heteroatoms. The van der Waals surface area contributed by atoms with Gasteiger partial charge in [-0.2, -0.15) is 0 Å². The van der Waals surface area contributed by atoms with E-state index in [1.807, 2.05) is 24.3 Å². The van der Waals surface area contributed by atoms with Crippen LogP contribution in [0.2, 0.25) is 0 Å². The Bertz CT molecular complexity index is 460. The highest BCUT2D eigenvalue weighted by molar-refractivity contribution is 5.77. The lowest BCUT2D eigenvalue weighted by molar-refractivity contribution is -0.134. The lowest BCUT2D eigenvalue weighted by Crippen LogP contribution is -2.29. The third-order valence-electron chi connectivity index (χ3n) is 2.44. The average molecular weight is 246 g/mol. The van der Waals surface area contributed by atoms with Gasteiger partial charge >= 0.3 is 0 Å². The lowest BCUT2D eigenvalue weighted by Gasteiger charge is -2.17. The Morgan fingerprint density at radius 1 is 1.44 bits per heavy atom. The van der Waals surface area contributed by atoms with Gasteiger partial charge in [0.2, 0.25) is 5.91 Å². The van der Waals surface area contributed by atoms with Crippen molar-refractivity contribution in [2.75, 3.05) is 27.3 Å². The molecular formula is C14H18N2O2. The summed E-state index contributed by atoms with van der Waals surface area (Å²) in [7, 11) is 3.25. The van der Waals surface area contributed by atoms with E-state index in [0.29, 0.717) is 13.1 Å². The number of methoxy groups -OCH3 is 1. The minimum absolute atomic E-state index is 0.0564. The largest absolute Gasteiger partial charge is 0.375 e. The van der Waals surface area contributed by atoms with Gasteiger partial charge in [-0.3, -0.25) is 4.79 Å². The summed E-state index contributed by atoms with van der Waals surface area (Å²) in [6.07, 6.45) is 0. The summed E-state index contributed by atoms with van der Waals surface area (Å²) in [5.41, 5.74) is 7.27. The fourth-order valence-electron chi connectivity index (χ4n) is 1.50. The number of likely N-dealkylation sites (N-methyl/N-ethyl adjacent to an activating group) is 1. The molecule has 0 spiro atoms. The topological polar surface area (TPSA) is 55.6 Å². The zero-order valence-electron chi connectivity index (χ0n) is 10.8.